The highest BCUT2D eigenvalue weighted by atomic mass is 32.2. The predicted octanol–water partition coefficient (Wildman–Crippen LogP) is 9.52. The second-order valence-electron chi connectivity index (χ2n) is 13.8. The molecule has 0 spiro atoms. The molecule has 2 aromatic heterocycles. The number of rotatable bonds is 16. The standard InChI is InChI=1S/C36H47N5O4S/c1-9-10-11-12-13-14-19-44-31-18-17-27(36(6,7)24-35(3,4)5)21-32(31)45-46(43)40-29-20-26(16-15-25(29)2)33-38-34-28(23-42)30(37-8)22-41(34)39-33/h15-18,20-23,40H,9-14,19,24H2,1-7H3,(H,38,39). The number of carbonyl (C=O) groups is 1. The number of nitrogens with one attached hydrogen (secondary N) is 2. The number of aromatic nitrogens is 3. The fourth-order valence-electron chi connectivity index (χ4n) is 5.95. The molecule has 0 saturated heterocycles. The van der Waals surface area contributed by atoms with E-state index in [0.29, 0.717) is 47.1 Å². The monoisotopic (exact) mass is 645 g/mol. The number of aldehydes is 1. The summed E-state index contributed by atoms with van der Waals surface area (Å²) in [5, 5.41) is 3.12. The number of anilines is 1. The third kappa shape index (κ3) is 8.79. The molecule has 0 amide bonds. The smallest absolute Gasteiger partial charge is 0.316 e. The van der Waals surface area contributed by atoms with E-state index in [1.165, 1.54) is 25.7 Å². The summed E-state index contributed by atoms with van der Waals surface area (Å²) in [7, 11) is 0. The van der Waals surface area contributed by atoms with Crippen molar-refractivity contribution in [2.75, 3.05) is 11.3 Å². The van der Waals surface area contributed by atoms with Gasteiger partial charge in [-0.05, 0) is 59.9 Å². The number of unbranched alkanes of at least 4 members (excludes halogenated alkanes) is 5. The minimum atomic E-state index is -1.94. The van der Waals surface area contributed by atoms with Gasteiger partial charge in [0.2, 0.25) is 5.69 Å². The molecule has 0 aliphatic carbocycles. The van der Waals surface area contributed by atoms with Crippen molar-refractivity contribution in [2.24, 2.45) is 5.41 Å². The van der Waals surface area contributed by atoms with Crippen molar-refractivity contribution in [3.63, 3.8) is 0 Å². The molecule has 1 atom stereocenters. The van der Waals surface area contributed by atoms with Crippen molar-refractivity contribution >= 4 is 34.6 Å². The molecule has 1 unspecified atom stereocenters. The SMILES string of the molecule is [C-]#[N+]c1cn2[nH]c(-c3ccc(C)c(NS(=O)Oc4cc(C(C)(C)CC(C)(C)C)ccc4OCCCCCCCC)c3)nc2c1C=O. The molecule has 0 radical (unpaired) electrons. The van der Waals surface area contributed by atoms with Crippen molar-refractivity contribution in [3.05, 3.63) is 70.7 Å². The van der Waals surface area contributed by atoms with E-state index in [-0.39, 0.29) is 22.1 Å². The van der Waals surface area contributed by atoms with Gasteiger partial charge in [-0.25, -0.2) is 9.83 Å². The maximum absolute atomic E-state index is 13.5. The number of carbonyl (C=O) groups excluding carboxylic acids is 1. The van der Waals surface area contributed by atoms with E-state index < -0.39 is 11.3 Å². The Morgan fingerprint density at radius 3 is 2.48 bits per heavy atom. The van der Waals surface area contributed by atoms with Crippen LogP contribution in [0.1, 0.15) is 108 Å². The highest BCUT2D eigenvalue weighted by molar-refractivity contribution is 7.82. The molecule has 46 heavy (non-hydrogen) atoms. The van der Waals surface area contributed by atoms with E-state index in [1.54, 1.807) is 10.7 Å². The Bertz CT molecular complexity index is 1720. The zero-order chi connectivity index (χ0) is 33.5. The molecule has 0 saturated carbocycles. The largest absolute Gasteiger partial charge is 0.490 e. The lowest BCUT2D eigenvalue weighted by Gasteiger charge is -2.33. The van der Waals surface area contributed by atoms with Crippen LogP contribution < -0.4 is 13.6 Å². The summed E-state index contributed by atoms with van der Waals surface area (Å²) >= 11 is -1.94. The van der Waals surface area contributed by atoms with Crippen LogP contribution in [0, 0.1) is 18.9 Å². The van der Waals surface area contributed by atoms with Crippen LogP contribution in [0.3, 0.4) is 0 Å². The second kappa shape index (κ2) is 15.0. The number of ether oxygens (including phenoxy) is 1. The van der Waals surface area contributed by atoms with E-state index in [2.05, 4.69) is 67.3 Å². The number of nitrogens with zero attached hydrogens (tertiary/aromatic N) is 3. The summed E-state index contributed by atoms with van der Waals surface area (Å²) in [5.74, 6) is 1.51. The van der Waals surface area contributed by atoms with E-state index in [1.807, 2.05) is 37.3 Å². The Balaban J connectivity index is 1.54. The molecule has 9 nitrogen and oxygen atoms in total. The van der Waals surface area contributed by atoms with Crippen LogP contribution >= 0.6 is 0 Å². The summed E-state index contributed by atoms with van der Waals surface area (Å²) in [4.78, 5) is 19.5. The minimum Gasteiger partial charge on any atom is -0.490 e. The predicted molar refractivity (Wildman–Crippen MR) is 186 cm³/mol. The molecule has 0 aliphatic heterocycles. The maximum atomic E-state index is 13.5. The third-order valence-corrected chi connectivity index (χ3v) is 8.72. The van der Waals surface area contributed by atoms with Gasteiger partial charge in [-0.15, -0.1) is 0 Å². The zero-order valence-corrected chi connectivity index (χ0v) is 29.0. The number of aryl methyl sites for hydroxylation is 1. The first-order valence-electron chi connectivity index (χ1n) is 16.0. The lowest BCUT2D eigenvalue weighted by Crippen LogP contribution is -2.25. The van der Waals surface area contributed by atoms with Gasteiger partial charge in [-0.3, -0.25) is 19.1 Å². The van der Waals surface area contributed by atoms with Gasteiger partial charge < -0.3 is 8.92 Å². The van der Waals surface area contributed by atoms with Crippen molar-refractivity contribution in [1.29, 1.82) is 0 Å². The molecule has 2 aromatic carbocycles. The van der Waals surface area contributed by atoms with Crippen molar-refractivity contribution < 1.29 is 17.9 Å². The number of hydrogen-bond acceptors (Lipinski definition) is 5. The van der Waals surface area contributed by atoms with Crippen LogP contribution in [0.4, 0.5) is 11.4 Å². The Labute approximate surface area is 275 Å². The van der Waals surface area contributed by atoms with Crippen molar-refractivity contribution in [1.82, 2.24) is 14.6 Å². The topological polar surface area (TPSA) is 102 Å². The van der Waals surface area contributed by atoms with Crippen LogP contribution in [-0.4, -0.2) is 31.7 Å². The quantitative estimate of drug-likeness (QED) is 0.0718. The fourth-order valence-corrected chi connectivity index (χ4v) is 6.68. The normalized spacial score (nSPS) is 12.6. The molecule has 2 N–H and O–H groups in total. The van der Waals surface area contributed by atoms with Gasteiger partial charge in [-0.2, -0.15) is 4.21 Å². The first-order valence-corrected chi connectivity index (χ1v) is 17.1. The summed E-state index contributed by atoms with van der Waals surface area (Å²) in [5.41, 5.74) is 4.10. The average molecular weight is 646 g/mol. The number of hydrogen-bond donors (Lipinski definition) is 2. The molecular weight excluding hydrogens is 598 g/mol. The Morgan fingerprint density at radius 1 is 1.04 bits per heavy atom. The van der Waals surface area contributed by atoms with Crippen LogP contribution in [0.2, 0.25) is 0 Å². The summed E-state index contributed by atoms with van der Waals surface area (Å²) in [6, 6.07) is 11.6. The fraction of sp³-hybridized carbons (Fsp3) is 0.472. The molecule has 2 heterocycles. The molecule has 10 heteroatoms. The third-order valence-electron chi connectivity index (χ3n) is 8.00. The number of fused-ring (bicyclic) bond motifs is 1. The lowest BCUT2D eigenvalue weighted by molar-refractivity contribution is 0.112. The van der Waals surface area contributed by atoms with Gasteiger partial charge in [0.1, 0.15) is 6.29 Å². The molecule has 4 aromatic rings. The molecule has 246 valence electrons. The van der Waals surface area contributed by atoms with Crippen LogP contribution in [0.5, 0.6) is 11.5 Å². The van der Waals surface area contributed by atoms with E-state index in [4.69, 9.17) is 15.5 Å². The van der Waals surface area contributed by atoms with Crippen LogP contribution in [0.25, 0.3) is 21.9 Å². The highest BCUT2D eigenvalue weighted by Gasteiger charge is 2.28. The van der Waals surface area contributed by atoms with Gasteiger partial charge in [0.25, 0.3) is 0 Å². The van der Waals surface area contributed by atoms with E-state index in [0.717, 1.165) is 30.4 Å². The molecule has 0 aliphatic rings. The molecular formula is C36H47N5O4S. The Morgan fingerprint density at radius 2 is 1.78 bits per heavy atom. The maximum Gasteiger partial charge on any atom is 0.316 e. The first kappa shape index (κ1) is 34.8. The van der Waals surface area contributed by atoms with Gasteiger partial charge in [-0.1, -0.05) is 91.8 Å². The van der Waals surface area contributed by atoms with Gasteiger partial charge in [0.15, 0.2) is 23.0 Å². The molecule has 0 fully saturated rings. The second-order valence-corrected chi connectivity index (χ2v) is 14.6. The summed E-state index contributed by atoms with van der Waals surface area (Å²) < 4.78 is 30.3. The minimum absolute atomic E-state index is 0.124. The molecule has 0 bridgehead atoms. The van der Waals surface area contributed by atoms with E-state index in [9.17, 15) is 9.00 Å². The number of aromatic amines is 1. The Kier molecular flexibility index (Phi) is 11.3. The average Bonchev–Trinajstić information content (AvgIpc) is 3.55. The van der Waals surface area contributed by atoms with Gasteiger partial charge >= 0.3 is 11.3 Å². The number of benzene rings is 2. The summed E-state index contributed by atoms with van der Waals surface area (Å²) in [6.07, 6.45) is 10.1. The summed E-state index contributed by atoms with van der Waals surface area (Å²) in [6.45, 7) is 23.1. The van der Waals surface area contributed by atoms with Gasteiger partial charge in [0.05, 0.1) is 24.4 Å². The van der Waals surface area contributed by atoms with Crippen molar-refractivity contribution in [2.45, 2.75) is 98.8 Å². The zero-order valence-electron chi connectivity index (χ0n) is 28.2. The molecule has 4 rings (SSSR count). The number of H-pyrrole nitrogens is 1. The van der Waals surface area contributed by atoms with Gasteiger partial charge in [0, 0.05) is 11.8 Å². The first-order chi connectivity index (χ1) is 21.8. The Hall–Kier alpha value is -4.10. The van der Waals surface area contributed by atoms with Crippen molar-refractivity contribution in [3.8, 4) is 22.9 Å². The highest BCUT2D eigenvalue weighted by Crippen LogP contribution is 2.40. The van der Waals surface area contributed by atoms with E-state index >= 15 is 0 Å². The van der Waals surface area contributed by atoms with Crippen LogP contribution in [0.15, 0.2) is 42.6 Å². The lowest BCUT2D eigenvalue weighted by atomic mass is 9.72. The van der Waals surface area contributed by atoms with Crippen LogP contribution in [-0.2, 0) is 16.7 Å².